The Morgan fingerprint density at radius 2 is 1.82 bits per heavy atom. The van der Waals surface area contributed by atoms with Crippen LogP contribution >= 0.6 is 0 Å². The Morgan fingerprint density at radius 1 is 1.12 bits per heavy atom. The lowest BCUT2D eigenvalue weighted by atomic mass is 9.84. The molecule has 0 aliphatic heterocycles. The lowest BCUT2D eigenvalue weighted by Gasteiger charge is -2.26. The van der Waals surface area contributed by atoms with E-state index in [4.69, 9.17) is 10.5 Å². The van der Waals surface area contributed by atoms with Crippen LogP contribution in [0.5, 0.6) is 0 Å². The zero-order valence-corrected chi connectivity index (χ0v) is 12.3. The van der Waals surface area contributed by atoms with Crippen molar-refractivity contribution in [2.24, 2.45) is 11.1 Å². The smallest absolute Gasteiger partial charge is 0.0593 e. The van der Waals surface area contributed by atoms with E-state index in [2.05, 4.69) is 25.7 Å². The van der Waals surface area contributed by atoms with Gasteiger partial charge in [0.25, 0.3) is 0 Å². The van der Waals surface area contributed by atoms with E-state index < -0.39 is 0 Å². The predicted octanol–water partition coefficient (Wildman–Crippen LogP) is 2.50. The normalized spacial score (nSPS) is 12.4. The molecule has 3 nitrogen and oxygen atoms in total. The highest BCUT2D eigenvalue weighted by Crippen LogP contribution is 2.25. The van der Waals surface area contributed by atoms with Gasteiger partial charge in [-0.15, -0.1) is 0 Å². The third kappa shape index (κ3) is 9.57. The summed E-state index contributed by atoms with van der Waals surface area (Å²) in [6.45, 7) is 14.7. The molecule has 0 aromatic rings. The molecule has 0 unspecified atom stereocenters. The van der Waals surface area contributed by atoms with Crippen LogP contribution in [0.1, 0.15) is 47.0 Å². The summed E-state index contributed by atoms with van der Waals surface area (Å²) >= 11 is 0. The minimum atomic E-state index is 0.397. The Morgan fingerprint density at radius 3 is 2.35 bits per heavy atom. The quantitative estimate of drug-likeness (QED) is 0.568. The second-order valence-electron chi connectivity index (χ2n) is 5.44. The minimum Gasteiger partial charge on any atom is -0.380 e. The van der Waals surface area contributed by atoms with Gasteiger partial charge in [0.05, 0.1) is 6.61 Å². The topological polar surface area (TPSA) is 38.5 Å². The van der Waals surface area contributed by atoms with Crippen molar-refractivity contribution in [1.29, 1.82) is 0 Å². The van der Waals surface area contributed by atoms with Crippen molar-refractivity contribution in [3.63, 3.8) is 0 Å². The SMILES string of the molecule is CCOCCN(CC)CCCC(C)(C)CCN. The summed E-state index contributed by atoms with van der Waals surface area (Å²) in [7, 11) is 0. The highest BCUT2D eigenvalue weighted by molar-refractivity contribution is 4.70. The maximum atomic E-state index is 5.63. The van der Waals surface area contributed by atoms with Crippen molar-refractivity contribution in [2.45, 2.75) is 47.0 Å². The number of hydrogen-bond donors (Lipinski definition) is 1. The molecular weight excluding hydrogens is 212 g/mol. The van der Waals surface area contributed by atoms with Crippen molar-refractivity contribution in [3.05, 3.63) is 0 Å². The summed E-state index contributed by atoms with van der Waals surface area (Å²) in [6, 6.07) is 0. The molecule has 0 aromatic carbocycles. The second kappa shape index (κ2) is 9.86. The highest BCUT2D eigenvalue weighted by atomic mass is 16.5. The molecule has 0 aromatic heterocycles. The number of rotatable bonds is 11. The van der Waals surface area contributed by atoms with E-state index >= 15 is 0 Å². The lowest BCUT2D eigenvalue weighted by Crippen LogP contribution is -2.29. The van der Waals surface area contributed by atoms with Gasteiger partial charge in [-0.25, -0.2) is 0 Å². The predicted molar refractivity (Wildman–Crippen MR) is 75.3 cm³/mol. The molecule has 0 amide bonds. The molecule has 0 aliphatic carbocycles. The first-order valence-electron chi connectivity index (χ1n) is 7.06. The van der Waals surface area contributed by atoms with Crippen molar-refractivity contribution in [3.8, 4) is 0 Å². The van der Waals surface area contributed by atoms with Gasteiger partial charge in [0.1, 0.15) is 0 Å². The number of nitrogens with two attached hydrogens (primary N) is 1. The van der Waals surface area contributed by atoms with E-state index in [1.165, 1.54) is 19.4 Å². The molecule has 0 saturated carbocycles. The van der Waals surface area contributed by atoms with E-state index in [0.29, 0.717) is 5.41 Å². The number of hydrogen-bond acceptors (Lipinski definition) is 3. The van der Waals surface area contributed by atoms with Crippen LogP contribution in [0.15, 0.2) is 0 Å². The molecule has 0 aliphatic rings. The Kier molecular flexibility index (Phi) is 9.79. The molecule has 0 rings (SSSR count). The van der Waals surface area contributed by atoms with Gasteiger partial charge in [-0.1, -0.05) is 20.8 Å². The van der Waals surface area contributed by atoms with Crippen molar-refractivity contribution < 1.29 is 4.74 Å². The number of likely N-dealkylation sites (N-methyl/N-ethyl adjacent to an activating group) is 1. The second-order valence-corrected chi connectivity index (χ2v) is 5.44. The first kappa shape index (κ1) is 16.9. The van der Waals surface area contributed by atoms with Gasteiger partial charge in [-0.3, -0.25) is 0 Å². The van der Waals surface area contributed by atoms with Crippen molar-refractivity contribution >= 4 is 0 Å². The van der Waals surface area contributed by atoms with Gasteiger partial charge < -0.3 is 15.4 Å². The molecule has 0 radical (unpaired) electrons. The van der Waals surface area contributed by atoms with Gasteiger partial charge in [-0.05, 0) is 51.2 Å². The third-order valence-corrected chi connectivity index (χ3v) is 3.35. The van der Waals surface area contributed by atoms with Crippen molar-refractivity contribution in [2.75, 3.05) is 39.4 Å². The molecule has 0 bridgehead atoms. The fourth-order valence-electron chi connectivity index (χ4n) is 2.06. The monoisotopic (exact) mass is 244 g/mol. The molecule has 3 heteroatoms. The summed E-state index contributed by atoms with van der Waals surface area (Å²) < 4.78 is 5.39. The Bertz CT molecular complexity index is 172. The van der Waals surface area contributed by atoms with Crippen LogP contribution < -0.4 is 5.73 Å². The van der Waals surface area contributed by atoms with Gasteiger partial charge >= 0.3 is 0 Å². The Labute approximate surface area is 108 Å². The van der Waals surface area contributed by atoms with Crippen LogP contribution in [0.4, 0.5) is 0 Å². The largest absolute Gasteiger partial charge is 0.380 e. The summed E-state index contributed by atoms with van der Waals surface area (Å²) in [5, 5.41) is 0. The maximum absolute atomic E-state index is 5.63. The summed E-state index contributed by atoms with van der Waals surface area (Å²) in [6.07, 6.45) is 3.64. The molecule has 17 heavy (non-hydrogen) atoms. The molecular formula is C14H32N2O. The van der Waals surface area contributed by atoms with Gasteiger partial charge in [0.15, 0.2) is 0 Å². The summed E-state index contributed by atoms with van der Waals surface area (Å²) in [4.78, 5) is 2.47. The average molecular weight is 244 g/mol. The standard InChI is InChI=1S/C14H32N2O/c1-5-16(12-13-17-6-2)11-7-8-14(3,4)9-10-15/h5-13,15H2,1-4H3. The fraction of sp³-hybridized carbons (Fsp3) is 1.00. The van der Waals surface area contributed by atoms with Crippen LogP contribution in [0.3, 0.4) is 0 Å². The molecule has 104 valence electrons. The van der Waals surface area contributed by atoms with Gasteiger partial charge in [0, 0.05) is 13.2 Å². The Hall–Kier alpha value is -0.120. The van der Waals surface area contributed by atoms with Crippen LogP contribution in [-0.2, 0) is 4.74 Å². The van der Waals surface area contributed by atoms with E-state index in [9.17, 15) is 0 Å². The molecule has 0 fully saturated rings. The van der Waals surface area contributed by atoms with Crippen LogP contribution in [-0.4, -0.2) is 44.3 Å². The molecule has 0 spiro atoms. The van der Waals surface area contributed by atoms with E-state index in [1.54, 1.807) is 0 Å². The van der Waals surface area contributed by atoms with E-state index in [1.807, 2.05) is 6.92 Å². The number of ether oxygens (including phenoxy) is 1. The lowest BCUT2D eigenvalue weighted by molar-refractivity contribution is 0.113. The highest BCUT2D eigenvalue weighted by Gasteiger charge is 2.16. The molecule has 0 heterocycles. The zero-order valence-electron chi connectivity index (χ0n) is 12.3. The average Bonchev–Trinajstić information content (AvgIpc) is 2.27. The summed E-state index contributed by atoms with van der Waals surface area (Å²) in [5.41, 5.74) is 6.02. The van der Waals surface area contributed by atoms with Crippen molar-refractivity contribution in [1.82, 2.24) is 4.90 Å². The number of nitrogens with zero attached hydrogens (tertiary/aromatic N) is 1. The first-order chi connectivity index (χ1) is 8.05. The Balaban J connectivity index is 3.68. The maximum Gasteiger partial charge on any atom is 0.0593 e. The van der Waals surface area contributed by atoms with Gasteiger partial charge in [-0.2, -0.15) is 0 Å². The molecule has 0 saturated heterocycles. The molecule has 2 N–H and O–H groups in total. The van der Waals surface area contributed by atoms with Gasteiger partial charge in [0.2, 0.25) is 0 Å². The van der Waals surface area contributed by atoms with Crippen LogP contribution in [0.25, 0.3) is 0 Å². The van der Waals surface area contributed by atoms with Crippen LogP contribution in [0, 0.1) is 5.41 Å². The minimum absolute atomic E-state index is 0.397. The zero-order chi connectivity index (χ0) is 13.1. The third-order valence-electron chi connectivity index (χ3n) is 3.35. The van der Waals surface area contributed by atoms with Crippen LogP contribution in [0.2, 0.25) is 0 Å². The fourth-order valence-corrected chi connectivity index (χ4v) is 2.06. The van der Waals surface area contributed by atoms with E-state index in [-0.39, 0.29) is 0 Å². The van der Waals surface area contributed by atoms with E-state index in [0.717, 1.165) is 39.3 Å². The summed E-state index contributed by atoms with van der Waals surface area (Å²) in [5.74, 6) is 0. The first-order valence-corrected chi connectivity index (χ1v) is 7.06. The molecule has 0 atom stereocenters.